The Kier molecular flexibility index (Phi) is 5.11. The van der Waals surface area contributed by atoms with Gasteiger partial charge in [-0.1, -0.05) is 0 Å². The topological polar surface area (TPSA) is 98.7 Å². The Morgan fingerprint density at radius 1 is 1.39 bits per heavy atom. The molecule has 7 nitrogen and oxygen atoms in total. The molecule has 1 saturated carbocycles. The van der Waals surface area contributed by atoms with Gasteiger partial charge in [0.15, 0.2) is 0 Å². The fourth-order valence-electron chi connectivity index (χ4n) is 3.62. The van der Waals surface area contributed by atoms with Crippen LogP contribution in [0.4, 0.5) is 5.69 Å². The van der Waals surface area contributed by atoms with Gasteiger partial charge in [-0.05, 0) is 36.8 Å². The largest absolute Gasteiger partial charge is 0.497 e. The van der Waals surface area contributed by atoms with Crippen molar-refractivity contribution in [2.75, 3.05) is 20.2 Å². The van der Waals surface area contributed by atoms with Crippen molar-refractivity contribution < 1.29 is 14.5 Å². The highest BCUT2D eigenvalue weighted by Crippen LogP contribution is 2.38. The minimum atomic E-state index is -0.532. The summed E-state index contributed by atoms with van der Waals surface area (Å²) in [5, 5.41) is 11.2. The molecule has 1 saturated heterocycles. The molecule has 1 aliphatic carbocycles. The molecule has 1 heterocycles. The van der Waals surface area contributed by atoms with Crippen molar-refractivity contribution in [2.45, 2.75) is 18.9 Å². The molecule has 0 aromatic heterocycles. The van der Waals surface area contributed by atoms with E-state index >= 15 is 0 Å². The zero-order valence-corrected chi connectivity index (χ0v) is 13.6. The summed E-state index contributed by atoms with van der Waals surface area (Å²) in [6, 6.07) is 4.37. The molecule has 0 radical (unpaired) electrons. The molecule has 126 valence electrons. The van der Waals surface area contributed by atoms with Crippen molar-refractivity contribution in [3.8, 4) is 5.75 Å². The first-order chi connectivity index (χ1) is 10.5. The maximum Gasteiger partial charge on any atom is 0.282 e. The number of nitro benzene ring substituents is 1. The summed E-state index contributed by atoms with van der Waals surface area (Å²) in [7, 11) is 1.47. The van der Waals surface area contributed by atoms with Crippen LogP contribution in [0.15, 0.2) is 18.2 Å². The van der Waals surface area contributed by atoms with E-state index in [9.17, 15) is 14.9 Å². The maximum atomic E-state index is 12.7. The zero-order valence-electron chi connectivity index (χ0n) is 12.8. The van der Waals surface area contributed by atoms with Gasteiger partial charge in [-0.2, -0.15) is 0 Å². The Bertz CT molecular complexity index is 625. The molecule has 0 spiro atoms. The van der Waals surface area contributed by atoms with Crippen molar-refractivity contribution in [1.82, 2.24) is 4.90 Å². The van der Waals surface area contributed by atoms with E-state index < -0.39 is 4.92 Å². The van der Waals surface area contributed by atoms with Crippen molar-refractivity contribution >= 4 is 24.0 Å². The molecule has 2 aliphatic rings. The first kappa shape index (κ1) is 17.5. The van der Waals surface area contributed by atoms with E-state index in [0.717, 1.165) is 12.8 Å². The van der Waals surface area contributed by atoms with Gasteiger partial charge >= 0.3 is 0 Å². The molecule has 3 unspecified atom stereocenters. The molecular formula is C15H20ClN3O4. The molecule has 8 heteroatoms. The number of ether oxygens (including phenoxy) is 1. The van der Waals surface area contributed by atoms with Crippen molar-refractivity contribution in [2.24, 2.45) is 17.6 Å². The number of halogens is 1. The number of hydrogen-bond acceptors (Lipinski definition) is 5. The molecule has 23 heavy (non-hydrogen) atoms. The number of nitrogens with two attached hydrogens (primary N) is 1. The number of nitrogens with zero attached hydrogens (tertiary/aromatic N) is 2. The summed E-state index contributed by atoms with van der Waals surface area (Å²) in [5.74, 6) is 0.856. The van der Waals surface area contributed by atoms with E-state index in [1.807, 2.05) is 0 Å². The standard InChI is InChI=1S/C15H19N3O4.ClH/c1-22-10-3-5-14(18(20)21)11(6-10)15(19)17-7-9-2-4-13(16)12(9)8-17;/h3,5-6,9,12-13H,2,4,7-8,16H2,1H3;1H. The van der Waals surface area contributed by atoms with Gasteiger partial charge in [-0.25, -0.2) is 0 Å². The van der Waals surface area contributed by atoms with E-state index in [2.05, 4.69) is 0 Å². The third-order valence-electron chi connectivity index (χ3n) is 4.83. The fourth-order valence-corrected chi connectivity index (χ4v) is 3.62. The van der Waals surface area contributed by atoms with Gasteiger partial charge in [0, 0.05) is 25.2 Å². The van der Waals surface area contributed by atoms with E-state index in [4.69, 9.17) is 10.5 Å². The van der Waals surface area contributed by atoms with Gasteiger partial charge in [0.1, 0.15) is 11.3 Å². The average molecular weight is 342 g/mol. The third-order valence-corrected chi connectivity index (χ3v) is 4.83. The van der Waals surface area contributed by atoms with Gasteiger partial charge < -0.3 is 15.4 Å². The lowest BCUT2D eigenvalue weighted by atomic mass is 9.98. The lowest BCUT2D eigenvalue weighted by molar-refractivity contribution is -0.385. The van der Waals surface area contributed by atoms with Crippen LogP contribution in [-0.4, -0.2) is 42.0 Å². The summed E-state index contributed by atoms with van der Waals surface area (Å²) in [6.45, 7) is 1.21. The summed E-state index contributed by atoms with van der Waals surface area (Å²) in [5.41, 5.74) is 5.97. The van der Waals surface area contributed by atoms with Crippen LogP contribution in [0.5, 0.6) is 5.75 Å². The van der Waals surface area contributed by atoms with Crippen LogP contribution in [0.3, 0.4) is 0 Å². The SMILES string of the molecule is COc1ccc([N+](=O)[O-])c(C(=O)N2CC3CCC(N)C3C2)c1.Cl. The maximum absolute atomic E-state index is 12.7. The molecule has 1 amide bonds. The Morgan fingerprint density at radius 2 is 2.13 bits per heavy atom. The second-order valence-electron chi connectivity index (χ2n) is 6.02. The Hall–Kier alpha value is -1.86. The van der Waals surface area contributed by atoms with E-state index in [1.54, 1.807) is 4.90 Å². The highest BCUT2D eigenvalue weighted by molar-refractivity contribution is 5.98. The van der Waals surface area contributed by atoms with Crippen LogP contribution in [0.1, 0.15) is 23.2 Å². The number of fused-ring (bicyclic) bond motifs is 1. The monoisotopic (exact) mass is 341 g/mol. The zero-order chi connectivity index (χ0) is 15.9. The summed E-state index contributed by atoms with van der Waals surface area (Å²) in [4.78, 5) is 25.0. The molecule has 2 fully saturated rings. The predicted octanol–water partition coefficient (Wildman–Crippen LogP) is 1.83. The lowest BCUT2D eigenvalue weighted by Crippen LogP contribution is -2.33. The number of amides is 1. The Labute approximate surface area is 140 Å². The molecule has 3 atom stereocenters. The molecule has 1 aromatic rings. The number of rotatable bonds is 3. The minimum absolute atomic E-state index is 0. The second kappa shape index (κ2) is 6.72. The molecule has 1 aliphatic heterocycles. The smallest absolute Gasteiger partial charge is 0.282 e. The van der Waals surface area contributed by atoms with Crippen LogP contribution in [0.2, 0.25) is 0 Å². The number of carbonyl (C=O) groups is 1. The number of likely N-dealkylation sites (tertiary alicyclic amines) is 1. The average Bonchev–Trinajstić information content (AvgIpc) is 3.08. The summed E-state index contributed by atoms with van der Waals surface area (Å²) in [6.07, 6.45) is 2.02. The number of carbonyl (C=O) groups excluding carboxylic acids is 1. The number of methoxy groups -OCH3 is 1. The van der Waals surface area contributed by atoms with Gasteiger partial charge in [0.25, 0.3) is 11.6 Å². The van der Waals surface area contributed by atoms with Crippen LogP contribution >= 0.6 is 12.4 Å². The minimum Gasteiger partial charge on any atom is -0.497 e. The second-order valence-corrected chi connectivity index (χ2v) is 6.02. The van der Waals surface area contributed by atoms with Gasteiger partial charge in [-0.3, -0.25) is 14.9 Å². The predicted molar refractivity (Wildman–Crippen MR) is 87.0 cm³/mol. The molecule has 3 rings (SSSR count). The quantitative estimate of drug-likeness (QED) is 0.668. The summed E-state index contributed by atoms with van der Waals surface area (Å²) < 4.78 is 5.08. The van der Waals surface area contributed by atoms with Gasteiger partial charge in [-0.15, -0.1) is 12.4 Å². The van der Waals surface area contributed by atoms with Crippen LogP contribution < -0.4 is 10.5 Å². The number of hydrogen-bond donors (Lipinski definition) is 1. The van der Waals surface area contributed by atoms with Crippen LogP contribution in [0.25, 0.3) is 0 Å². The van der Waals surface area contributed by atoms with Gasteiger partial charge in [0.2, 0.25) is 0 Å². The molecule has 1 aromatic carbocycles. The van der Waals surface area contributed by atoms with Gasteiger partial charge in [0.05, 0.1) is 12.0 Å². The van der Waals surface area contributed by atoms with E-state index in [-0.39, 0.29) is 35.6 Å². The van der Waals surface area contributed by atoms with E-state index in [1.165, 1.54) is 25.3 Å². The molecular weight excluding hydrogens is 322 g/mol. The van der Waals surface area contributed by atoms with Crippen LogP contribution in [-0.2, 0) is 0 Å². The molecule has 2 N–H and O–H groups in total. The number of benzene rings is 1. The van der Waals surface area contributed by atoms with E-state index in [0.29, 0.717) is 30.7 Å². The van der Waals surface area contributed by atoms with Crippen molar-refractivity contribution in [3.05, 3.63) is 33.9 Å². The fraction of sp³-hybridized carbons (Fsp3) is 0.533. The lowest BCUT2D eigenvalue weighted by Gasteiger charge is -2.19. The van der Waals surface area contributed by atoms with Crippen LogP contribution in [0, 0.1) is 22.0 Å². The summed E-state index contributed by atoms with van der Waals surface area (Å²) >= 11 is 0. The Morgan fingerprint density at radius 3 is 2.74 bits per heavy atom. The van der Waals surface area contributed by atoms with Crippen molar-refractivity contribution in [3.63, 3.8) is 0 Å². The van der Waals surface area contributed by atoms with Crippen molar-refractivity contribution in [1.29, 1.82) is 0 Å². The highest BCUT2D eigenvalue weighted by atomic mass is 35.5. The normalized spacial score (nSPS) is 25.7. The third kappa shape index (κ3) is 3.11. The Balaban J connectivity index is 0.00000192. The number of nitro groups is 1. The highest BCUT2D eigenvalue weighted by Gasteiger charge is 2.43. The molecule has 0 bridgehead atoms. The first-order valence-corrected chi connectivity index (χ1v) is 7.38. The first-order valence-electron chi connectivity index (χ1n) is 7.38.